The Labute approximate surface area is 202 Å². The maximum atomic E-state index is 13.3. The third-order valence-corrected chi connectivity index (χ3v) is 6.78. The molecule has 2 heterocycles. The third kappa shape index (κ3) is 4.84. The van der Waals surface area contributed by atoms with Crippen LogP contribution in [0.15, 0.2) is 46.9 Å². The van der Waals surface area contributed by atoms with E-state index in [0.29, 0.717) is 33.8 Å². The average molecular weight is 513 g/mol. The molecule has 0 amide bonds. The van der Waals surface area contributed by atoms with Crippen LogP contribution in [0.4, 0.5) is 0 Å². The van der Waals surface area contributed by atoms with Gasteiger partial charge in [0.05, 0.1) is 27.9 Å². The fourth-order valence-electron chi connectivity index (χ4n) is 4.61. The molecule has 4 rings (SSSR count). The molecule has 1 aliphatic rings. The normalized spacial score (nSPS) is 16.7. The van der Waals surface area contributed by atoms with E-state index in [2.05, 4.69) is 32.3 Å². The van der Waals surface area contributed by atoms with Crippen molar-refractivity contribution in [3.63, 3.8) is 0 Å². The van der Waals surface area contributed by atoms with Gasteiger partial charge in [0.2, 0.25) is 0 Å². The number of likely N-dealkylation sites (tertiary alicyclic amines) is 1. The highest BCUT2D eigenvalue weighted by molar-refractivity contribution is 9.10. The highest BCUT2D eigenvalue weighted by Crippen LogP contribution is 2.38. The van der Waals surface area contributed by atoms with E-state index in [1.165, 1.54) is 13.3 Å². The van der Waals surface area contributed by atoms with Gasteiger partial charge in [0.25, 0.3) is 0 Å². The lowest BCUT2D eigenvalue weighted by atomic mass is 10.0. The predicted octanol–water partition coefficient (Wildman–Crippen LogP) is 5.87. The Morgan fingerprint density at radius 2 is 1.91 bits per heavy atom. The van der Waals surface area contributed by atoms with Crippen molar-refractivity contribution in [1.82, 2.24) is 9.47 Å². The number of nitrogens with zero attached hydrogens (tertiary/aromatic N) is 2. The number of ether oxygens (including phenoxy) is 2. The van der Waals surface area contributed by atoms with Gasteiger partial charge in [-0.3, -0.25) is 9.69 Å². The summed E-state index contributed by atoms with van der Waals surface area (Å²) in [6, 6.07) is 14.1. The molecule has 3 aromatic rings. The Bertz CT molecular complexity index is 1170. The van der Waals surface area contributed by atoms with E-state index in [1.807, 2.05) is 43.3 Å². The molecule has 0 radical (unpaired) electrons. The van der Waals surface area contributed by atoms with Gasteiger partial charge in [-0.15, -0.1) is 0 Å². The van der Waals surface area contributed by atoms with Crippen LogP contribution in [0.1, 0.15) is 56.1 Å². The molecule has 0 unspecified atom stereocenters. The number of piperidine rings is 1. The Morgan fingerprint density at radius 1 is 1.15 bits per heavy atom. The molecular weight excluding hydrogens is 484 g/mol. The third-order valence-electron chi connectivity index (χ3n) is 6.16. The van der Waals surface area contributed by atoms with Crippen molar-refractivity contribution in [1.29, 1.82) is 0 Å². The molecule has 6 nitrogen and oxygen atoms in total. The second-order valence-corrected chi connectivity index (χ2v) is 9.28. The Hall–Kier alpha value is -2.64. The van der Waals surface area contributed by atoms with Crippen LogP contribution in [0.2, 0.25) is 0 Å². The van der Waals surface area contributed by atoms with Gasteiger partial charge >= 0.3 is 11.9 Å². The number of para-hydroxylation sites is 1. The van der Waals surface area contributed by atoms with E-state index in [1.54, 1.807) is 6.07 Å². The van der Waals surface area contributed by atoms with Crippen molar-refractivity contribution < 1.29 is 19.1 Å². The quantitative estimate of drug-likeness (QED) is 0.305. The predicted molar refractivity (Wildman–Crippen MR) is 132 cm³/mol. The summed E-state index contributed by atoms with van der Waals surface area (Å²) in [7, 11) is 0. The molecule has 0 N–H and O–H groups in total. The van der Waals surface area contributed by atoms with Crippen LogP contribution < -0.4 is 4.74 Å². The zero-order valence-corrected chi connectivity index (χ0v) is 20.9. The van der Waals surface area contributed by atoms with Crippen molar-refractivity contribution >= 4 is 38.8 Å². The smallest absolute Gasteiger partial charge is 0.340 e. The minimum Gasteiger partial charge on any atom is -0.462 e. The molecule has 1 aromatic heterocycles. The lowest BCUT2D eigenvalue weighted by Crippen LogP contribution is -2.37. The first-order valence-corrected chi connectivity index (χ1v) is 12.2. The maximum Gasteiger partial charge on any atom is 0.340 e. The van der Waals surface area contributed by atoms with Crippen LogP contribution in [0.25, 0.3) is 16.6 Å². The van der Waals surface area contributed by atoms with E-state index in [9.17, 15) is 9.59 Å². The monoisotopic (exact) mass is 512 g/mol. The number of aromatic nitrogens is 1. The van der Waals surface area contributed by atoms with Crippen molar-refractivity contribution in [2.75, 3.05) is 13.2 Å². The molecule has 2 aromatic carbocycles. The van der Waals surface area contributed by atoms with Crippen molar-refractivity contribution in [2.24, 2.45) is 0 Å². The van der Waals surface area contributed by atoms with Crippen molar-refractivity contribution in [3.8, 4) is 11.4 Å². The van der Waals surface area contributed by atoms with Gasteiger partial charge in [0, 0.05) is 30.6 Å². The van der Waals surface area contributed by atoms with E-state index in [0.717, 1.165) is 36.3 Å². The number of halogens is 1. The summed E-state index contributed by atoms with van der Waals surface area (Å²) < 4.78 is 13.7. The van der Waals surface area contributed by atoms with Gasteiger partial charge < -0.3 is 14.0 Å². The second kappa shape index (κ2) is 10.1. The highest BCUT2D eigenvalue weighted by Gasteiger charge is 2.29. The zero-order valence-electron chi connectivity index (χ0n) is 19.3. The molecule has 0 aliphatic carbocycles. The highest BCUT2D eigenvalue weighted by atomic mass is 79.9. The van der Waals surface area contributed by atoms with Gasteiger partial charge in [-0.25, -0.2) is 4.79 Å². The summed E-state index contributed by atoms with van der Waals surface area (Å²) in [6.07, 6.45) is 3.51. The summed E-state index contributed by atoms with van der Waals surface area (Å²) in [6.45, 7) is 7.31. The van der Waals surface area contributed by atoms with Gasteiger partial charge in [0.15, 0.2) is 0 Å². The number of hydrogen-bond donors (Lipinski definition) is 0. The number of rotatable bonds is 6. The van der Waals surface area contributed by atoms with Gasteiger partial charge in [-0.05, 0) is 73.4 Å². The number of carbonyl (C=O) groups excluding carboxylic acids is 2. The van der Waals surface area contributed by atoms with E-state index < -0.39 is 5.97 Å². The van der Waals surface area contributed by atoms with Crippen LogP contribution in [-0.4, -0.2) is 40.6 Å². The van der Waals surface area contributed by atoms with Crippen LogP contribution in [0, 0.1) is 0 Å². The molecule has 7 heteroatoms. The second-order valence-electron chi connectivity index (χ2n) is 8.42. The lowest BCUT2D eigenvalue weighted by molar-refractivity contribution is -0.131. The minimum absolute atomic E-state index is 0.281. The topological polar surface area (TPSA) is 60.8 Å². The summed E-state index contributed by atoms with van der Waals surface area (Å²) >= 11 is 3.55. The molecule has 0 spiro atoms. The first kappa shape index (κ1) is 23.5. The van der Waals surface area contributed by atoms with Crippen LogP contribution in [0.3, 0.4) is 0 Å². The zero-order chi connectivity index (χ0) is 23.5. The van der Waals surface area contributed by atoms with E-state index in [-0.39, 0.29) is 12.6 Å². The summed E-state index contributed by atoms with van der Waals surface area (Å²) in [5.74, 6) is -0.408. The number of carbonyl (C=O) groups is 2. The number of esters is 2. The molecule has 1 saturated heterocycles. The van der Waals surface area contributed by atoms with Crippen LogP contribution in [0.5, 0.6) is 5.75 Å². The molecule has 1 aliphatic heterocycles. The molecule has 1 fully saturated rings. The fraction of sp³-hybridized carbons (Fsp3) is 0.385. The summed E-state index contributed by atoms with van der Waals surface area (Å²) in [4.78, 5) is 27.4. The van der Waals surface area contributed by atoms with Gasteiger partial charge in [-0.2, -0.15) is 0 Å². The summed E-state index contributed by atoms with van der Waals surface area (Å²) in [5.41, 5.74) is 3.22. The number of fused-ring (bicyclic) bond motifs is 1. The largest absolute Gasteiger partial charge is 0.462 e. The average Bonchev–Trinajstić information content (AvgIpc) is 3.08. The number of benzene rings is 2. The first-order valence-electron chi connectivity index (χ1n) is 11.4. The standard InChI is InChI=1S/C26H29BrN2O4/c1-4-32-26(31)25-20-14-24(33-18(3)30)21(27)15-22(20)29(19-11-6-5-7-12-19)23(25)16-28-13-9-8-10-17(28)2/h5-7,11-12,14-15,17H,4,8-10,13,16H2,1-3H3/t17-/m1/s1. The molecule has 1 atom stereocenters. The molecule has 0 bridgehead atoms. The maximum absolute atomic E-state index is 13.3. The molecular formula is C26H29BrN2O4. The van der Waals surface area contributed by atoms with Crippen molar-refractivity contribution in [3.05, 3.63) is 58.2 Å². The SMILES string of the molecule is CCOC(=O)c1c(CN2CCCC[C@H]2C)n(-c2ccccc2)c2cc(Br)c(OC(C)=O)cc12. The summed E-state index contributed by atoms with van der Waals surface area (Å²) in [5, 5.41) is 0.705. The molecule has 0 saturated carbocycles. The fourth-order valence-corrected chi connectivity index (χ4v) is 5.02. The lowest BCUT2D eigenvalue weighted by Gasteiger charge is -2.33. The Morgan fingerprint density at radius 3 is 2.58 bits per heavy atom. The first-order chi connectivity index (χ1) is 15.9. The Balaban J connectivity index is 2.00. The van der Waals surface area contributed by atoms with Gasteiger partial charge in [0.1, 0.15) is 5.75 Å². The van der Waals surface area contributed by atoms with Crippen molar-refractivity contribution in [2.45, 2.75) is 52.6 Å². The number of hydrogen-bond acceptors (Lipinski definition) is 5. The molecule has 174 valence electrons. The minimum atomic E-state index is -0.419. The van der Waals surface area contributed by atoms with Crippen LogP contribution >= 0.6 is 15.9 Å². The van der Waals surface area contributed by atoms with Crippen LogP contribution in [-0.2, 0) is 16.1 Å². The van der Waals surface area contributed by atoms with E-state index >= 15 is 0 Å². The molecule has 33 heavy (non-hydrogen) atoms. The Kier molecular flexibility index (Phi) is 7.20. The van der Waals surface area contributed by atoms with E-state index in [4.69, 9.17) is 9.47 Å². The van der Waals surface area contributed by atoms with Gasteiger partial charge in [-0.1, -0.05) is 24.6 Å².